The largest absolute Gasteiger partial charge is 0.493 e. The van der Waals surface area contributed by atoms with Gasteiger partial charge >= 0.3 is 6.08 Å². The lowest BCUT2D eigenvalue weighted by Crippen LogP contribution is -1.91. The molecule has 0 aliphatic carbocycles. The van der Waals surface area contributed by atoms with E-state index in [1.807, 2.05) is 19.1 Å². The average molecular weight is 254 g/mol. The van der Waals surface area contributed by atoms with Crippen LogP contribution in [0.5, 0.6) is 17.6 Å². The highest BCUT2D eigenvalue weighted by Gasteiger charge is 2.10. The van der Waals surface area contributed by atoms with Crippen molar-refractivity contribution in [3.05, 3.63) is 35.7 Å². The van der Waals surface area contributed by atoms with Gasteiger partial charge in [-0.15, -0.1) is 11.6 Å². The first kappa shape index (κ1) is 11.8. The molecule has 0 aliphatic rings. The van der Waals surface area contributed by atoms with Crippen LogP contribution >= 0.6 is 11.6 Å². The van der Waals surface area contributed by atoms with Gasteiger partial charge in [-0.2, -0.15) is 4.98 Å². The second-order valence-electron chi connectivity index (χ2n) is 3.49. The van der Waals surface area contributed by atoms with Crippen molar-refractivity contribution in [3.63, 3.8) is 0 Å². The van der Waals surface area contributed by atoms with Gasteiger partial charge in [-0.25, -0.2) is 0 Å². The van der Waals surface area contributed by atoms with Crippen molar-refractivity contribution in [1.29, 1.82) is 0 Å². The number of benzene rings is 1. The molecule has 0 aliphatic heterocycles. The van der Waals surface area contributed by atoms with Gasteiger partial charge in [0.05, 0.1) is 18.7 Å². The van der Waals surface area contributed by atoms with Gasteiger partial charge in [-0.05, 0) is 24.6 Å². The van der Waals surface area contributed by atoms with Gasteiger partial charge < -0.3 is 13.9 Å². The summed E-state index contributed by atoms with van der Waals surface area (Å²) in [5, 5.41) is 0. The minimum atomic E-state index is 0.155. The molecule has 1 heterocycles. The van der Waals surface area contributed by atoms with Crippen molar-refractivity contribution in [1.82, 2.24) is 4.98 Å². The van der Waals surface area contributed by atoms with Crippen LogP contribution in [0.2, 0.25) is 0 Å². The van der Waals surface area contributed by atoms with Crippen LogP contribution in [0.1, 0.15) is 11.3 Å². The summed E-state index contributed by atoms with van der Waals surface area (Å²) in [6, 6.07) is 5.60. The predicted octanol–water partition coefficient (Wildman–Crippen LogP) is 3.52. The predicted molar refractivity (Wildman–Crippen MR) is 63.9 cm³/mol. The van der Waals surface area contributed by atoms with Gasteiger partial charge in [0.2, 0.25) is 0 Å². The van der Waals surface area contributed by atoms with E-state index >= 15 is 0 Å². The van der Waals surface area contributed by atoms with E-state index in [1.165, 1.54) is 6.26 Å². The summed E-state index contributed by atoms with van der Waals surface area (Å²) in [6.07, 6.45) is 1.62. The zero-order chi connectivity index (χ0) is 12.3. The Balaban J connectivity index is 2.23. The maximum absolute atomic E-state index is 5.62. The van der Waals surface area contributed by atoms with Crippen LogP contribution in [0.3, 0.4) is 0 Å². The summed E-state index contributed by atoms with van der Waals surface area (Å²) in [5.74, 6) is 1.48. The summed E-state index contributed by atoms with van der Waals surface area (Å²) in [6.45, 7) is 1.98. The molecule has 2 rings (SSSR count). The van der Waals surface area contributed by atoms with Crippen LogP contribution in [0.25, 0.3) is 0 Å². The first-order valence-electron chi connectivity index (χ1n) is 5.06. The third-order valence-corrected chi connectivity index (χ3v) is 2.46. The van der Waals surface area contributed by atoms with Crippen LogP contribution in [0.15, 0.2) is 28.9 Å². The molecule has 4 nitrogen and oxygen atoms in total. The molecule has 1 aromatic heterocycles. The van der Waals surface area contributed by atoms with Crippen molar-refractivity contribution in [2.75, 3.05) is 7.11 Å². The van der Waals surface area contributed by atoms with Gasteiger partial charge in [0.1, 0.15) is 6.26 Å². The number of aryl methyl sites for hydroxylation is 1. The second-order valence-corrected chi connectivity index (χ2v) is 3.76. The van der Waals surface area contributed by atoms with Crippen LogP contribution in [0, 0.1) is 6.92 Å². The standard InChI is InChI=1S/C12H12ClNO3/c1-8-3-4-10(11(5-8)15-2)17-12-14-9(6-13)7-16-12/h3-5,7H,6H2,1-2H3. The smallest absolute Gasteiger partial charge is 0.399 e. The number of rotatable bonds is 4. The molecule has 1 aromatic carbocycles. The van der Waals surface area contributed by atoms with Crippen molar-refractivity contribution in [3.8, 4) is 17.6 Å². The molecule has 5 heteroatoms. The molecule has 0 bridgehead atoms. The van der Waals surface area contributed by atoms with Gasteiger partial charge in [-0.3, -0.25) is 0 Å². The van der Waals surface area contributed by atoms with Crippen LogP contribution in [0.4, 0.5) is 0 Å². The van der Waals surface area contributed by atoms with Crippen molar-refractivity contribution < 1.29 is 13.9 Å². The number of nitrogens with zero attached hydrogens (tertiary/aromatic N) is 1. The molecule has 0 radical (unpaired) electrons. The molecule has 0 amide bonds. The van der Waals surface area contributed by atoms with Crippen LogP contribution in [-0.4, -0.2) is 12.1 Å². The molecule has 0 fully saturated rings. The number of aromatic nitrogens is 1. The summed E-state index contributed by atoms with van der Waals surface area (Å²) in [7, 11) is 1.58. The average Bonchev–Trinajstić information content (AvgIpc) is 2.79. The fourth-order valence-electron chi connectivity index (χ4n) is 1.35. The third kappa shape index (κ3) is 2.71. The summed E-state index contributed by atoms with van der Waals surface area (Å²) in [4.78, 5) is 4.05. The van der Waals surface area contributed by atoms with Gasteiger partial charge in [-0.1, -0.05) is 6.07 Å². The van der Waals surface area contributed by atoms with Crippen molar-refractivity contribution >= 4 is 11.6 Å². The molecule has 0 saturated heterocycles. The number of alkyl halides is 1. The number of methoxy groups -OCH3 is 1. The topological polar surface area (TPSA) is 44.5 Å². The second kappa shape index (κ2) is 5.10. The molecule has 17 heavy (non-hydrogen) atoms. The monoisotopic (exact) mass is 253 g/mol. The van der Waals surface area contributed by atoms with E-state index in [2.05, 4.69) is 4.98 Å². The van der Waals surface area contributed by atoms with Crippen LogP contribution in [-0.2, 0) is 5.88 Å². The number of oxazole rings is 1. The highest BCUT2D eigenvalue weighted by Crippen LogP contribution is 2.31. The summed E-state index contributed by atoms with van der Waals surface area (Å²) in [5.41, 5.74) is 1.72. The fraction of sp³-hybridized carbons (Fsp3) is 0.250. The normalized spacial score (nSPS) is 10.3. The Morgan fingerprint density at radius 3 is 2.82 bits per heavy atom. The Labute approximate surface area is 104 Å². The van der Waals surface area contributed by atoms with Crippen molar-refractivity contribution in [2.45, 2.75) is 12.8 Å². The van der Waals surface area contributed by atoms with E-state index in [0.29, 0.717) is 17.2 Å². The highest BCUT2D eigenvalue weighted by molar-refractivity contribution is 6.16. The Morgan fingerprint density at radius 1 is 1.35 bits per heavy atom. The first-order valence-corrected chi connectivity index (χ1v) is 5.59. The van der Waals surface area contributed by atoms with E-state index in [-0.39, 0.29) is 12.0 Å². The number of hydrogen-bond donors (Lipinski definition) is 0. The quantitative estimate of drug-likeness (QED) is 0.782. The van der Waals surface area contributed by atoms with E-state index in [4.69, 9.17) is 25.5 Å². The number of halogens is 1. The molecular weight excluding hydrogens is 242 g/mol. The molecule has 0 unspecified atom stereocenters. The van der Waals surface area contributed by atoms with Gasteiger partial charge in [0.15, 0.2) is 11.5 Å². The lowest BCUT2D eigenvalue weighted by atomic mass is 10.2. The van der Waals surface area contributed by atoms with E-state index in [9.17, 15) is 0 Å². The summed E-state index contributed by atoms with van der Waals surface area (Å²) < 4.78 is 15.8. The van der Waals surface area contributed by atoms with Crippen molar-refractivity contribution in [2.24, 2.45) is 0 Å². The maximum atomic E-state index is 5.62. The number of ether oxygens (including phenoxy) is 2. The fourth-order valence-corrected chi connectivity index (χ4v) is 1.47. The maximum Gasteiger partial charge on any atom is 0.399 e. The molecule has 90 valence electrons. The van der Waals surface area contributed by atoms with E-state index in [0.717, 1.165) is 5.56 Å². The van der Waals surface area contributed by atoms with Crippen LogP contribution < -0.4 is 9.47 Å². The molecular formula is C12H12ClNO3. The molecule has 0 N–H and O–H groups in total. The van der Waals surface area contributed by atoms with E-state index in [1.54, 1.807) is 13.2 Å². The summed E-state index contributed by atoms with van der Waals surface area (Å²) >= 11 is 5.62. The molecule has 0 saturated carbocycles. The Bertz CT molecular complexity index is 510. The van der Waals surface area contributed by atoms with Gasteiger partial charge in [0, 0.05) is 0 Å². The van der Waals surface area contributed by atoms with Gasteiger partial charge in [0.25, 0.3) is 0 Å². The Hall–Kier alpha value is -1.68. The first-order chi connectivity index (χ1) is 8.22. The Morgan fingerprint density at radius 2 is 2.18 bits per heavy atom. The SMILES string of the molecule is COc1cc(C)ccc1Oc1nc(CCl)co1. The highest BCUT2D eigenvalue weighted by atomic mass is 35.5. The lowest BCUT2D eigenvalue weighted by Gasteiger charge is -2.07. The molecule has 0 atom stereocenters. The minimum Gasteiger partial charge on any atom is -0.493 e. The van der Waals surface area contributed by atoms with E-state index < -0.39 is 0 Å². The third-order valence-electron chi connectivity index (χ3n) is 2.18. The lowest BCUT2D eigenvalue weighted by molar-refractivity contribution is 0.310. The minimum absolute atomic E-state index is 0.155. The number of hydrogen-bond acceptors (Lipinski definition) is 4. The zero-order valence-corrected chi connectivity index (χ0v) is 10.3. The Kier molecular flexibility index (Phi) is 3.54. The molecule has 2 aromatic rings. The molecule has 0 spiro atoms. The zero-order valence-electron chi connectivity index (χ0n) is 9.57.